The largest absolute Gasteiger partial charge is 0.311 e. The number of aromatic nitrogens is 1. The van der Waals surface area contributed by atoms with Gasteiger partial charge in [-0.25, -0.2) is 0 Å². The van der Waals surface area contributed by atoms with E-state index < -0.39 is 0 Å². The first-order valence-electron chi connectivity index (χ1n) is 22.1. The van der Waals surface area contributed by atoms with E-state index in [-0.39, 0.29) is 6.71 Å². The van der Waals surface area contributed by atoms with E-state index >= 15 is 0 Å². The van der Waals surface area contributed by atoms with E-state index in [2.05, 4.69) is 257 Å². The van der Waals surface area contributed by atoms with E-state index in [0.717, 1.165) is 17.1 Å². The highest BCUT2D eigenvalue weighted by molar-refractivity contribution is 7.00. The number of anilines is 6. The van der Waals surface area contributed by atoms with Gasteiger partial charge in [0.05, 0.1) is 11.0 Å². The van der Waals surface area contributed by atoms with Crippen LogP contribution in [0.2, 0.25) is 0 Å². The van der Waals surface area contributed by atoms with Crippen molar-refractivity contribution in [2.24, 2.45) is 0 Å². The van der Waals surface area contributed by atoms with Crippen LogP contribution in [0.1, 0.15) is 0 Å². The highest BCUT2D eigenvalue weighted by Gasteiger charge is 2.44. The van der Waals surface area contributed by atoms with Crippen molar-refractivity contribution in [3.8, 4) is 39.1 Å². The van der Waals surface area contributed by atoms with Crippen LogP contribution in [0.4, 0.5) is 34.1 Å². The van der Waals surface area contributed by atoms with E-state index in [1.165, 1.54) is 94.3 Å². The normalized spacial score (nSPS) is 12.6. The number of nitrogens with zero attached hydrogens (tertiary/aromatic N) is 3. The number of benzene rings is 10. The molecule has 3 heterocycles. The summed E-state index contributed by atoms with van der Waals surface area (Å²) in [6.45, 7) is -0.0498. The van der Waals surface area contributed by atoms with Crippen LogP contribution in [0.15, 0.2) is 243 Å². The molecule has 0 radical (unpaired) electrons. The van der Waals surface area contributed by atoms with Gasteiger partial charge in [0.15, 0.2) is 0 Å². The third kappa shape index (κ3) is 5.70. The summed E-state index contributed by atoms with van der Waals surface area (Å²) in [5, 5.41) is 2.47. The van der Waals surface area contributed by atoms with Crippen molar-refractivity contribution in [2.75, 3.05) is 9.80 Å². The van der Waals surface area contributed by atoms with Crippen molar-refractivity contribution < 1.29 is 0 Å². The van der Waals surface area contributed by atoms with Crippen molar-refractivity contribution >= 4 is 79.0 Å². The summed E-state index contributed by atoms with van der Waals surface area (Å²) < 4.78 is 2.45. The van der Waals surface area contributed by atoms with Gasteiger partial charge >= 0.3 is 0 Å². The van der Waals surface area contributed by atoms with E-state index in [0.29, 0.717) is 0 Å². The molecule has 298 valence electrons. The molecule has 0 amide bonds. The van der Waals surface area contributed by atoms with Crippen molar-refractivity contribution in [3.63, 3.8) is 0 Å². The maximum atomic E-state index is 2.52. The van der Waals surface area contributed by atoms with Crippen molar-refractivity contribution in [1.82, 2.24) is 4.57 Å². The van der Waals surface area contributed by atoms with E-state index in [1.54, 1.807) is 0 Å². The van der Waals surface area contributed by atoms with Gasteiger partial charge in [0.25, 0.3) is 6.71 Å². The van der Waals surface area contributed by atoms with Gasteiger partial charge in [0.1, 0.15) is 0 Å². The Morgan fingerprint density at radius 2 is 0.734 bits per heavy atom. The summed E-state index contributed by atoms with van der Waals surface area (Å²) in [4.78, 5) is 5.02. The molecule has 10 aromatic carbocycles. The molecule has 0 saturated carbocycles. The van der Waals surface area contributed by atoms with Gasteiger partial charge in [-0.05, 0) is 123 Å². The summed E-state index contributed by atoms with van der Waals surface area (Å²) in [6, 6.07) is 89.1. The lowest BCUT2D eigenvalue weighted by Crippen LogP contribution is -2.61. The van der Waals surface area contributed by atoms with Crippen molar-refractivity contribution in [3.05, 3.63) is 243 Å². The Morgan fingerprint density at radius 1 is 0.266 bits per heavy atom. The van der Waals surface area contributed by atoms with Crippen LogP contribution in [-0.2, 0) is 0 Å². The Morgan fingerprint density at radius 3 is 1.33 bits per heavy atom. The van der Waals surface area contributed by atoms with Gasteiger partial charge in [-0.1, -0.05) is 170 Å². The van der Waals surface area contributed by atoms with E-state index in [1.807, 2.05) is 0 Å². The van der Waals surface area contributed by atoms with Gasteiger partial charge in [-0.2, -0.15) is 0 Å². The summed E-state index contributed by atoms with van der Waals surface area (Å²) in [6.07, 6.45) is 0. The SMILES string of the molecule is c1ccc(-c2ccc(N3c4ccc(-c5ccccc5)cc4B4c5cc6c(cc5N(c5ccc(-c7ccccc7)cc5)c5cccc3c54)c3ccccc3n6-c3ccccc3)cc2)cc1. The molecule has 0 unspecified atom stereocenters. The van der Waals surface area contributed by atoms with Crippen molar-refractivity contribution in [2.45, 2.75) is 0 Å². The molecule has 0 spiro atoms. The number of fused-ring (bicyclic) bond motifs is 7. The summed E-state index contributed by atoms with van der Waals surface area (Å²) in [5.74, 6) is 0. The highest BCUT2D eigenvalue weighted by Crippen LogP contribution is 2.46. The minimum absolute atomic E-state index is 0.0498. The second kappa shape index (κ2) is 14.6. The zero-order valence-electron chi connectivity index (χ0n) is 35.0. The quantitative estimate of drug-likeness (QED) is 0.155. The zero-order chi connectivity index (χ0) is 42.1. The Labute approximate surface area is 373 Å². The number of rotatable bonds is 6. The lowest BCUT2D eigenvalue weighted by molar-refractivity contribution is 1.18. The summed E-state index contributed by atoms with van der Waals surface area (Å²) in [7, 11) is 0. The lowest BCUT2D eigenvalue weighted by Gasteiger charge is -2.44. The molecule has 0 bridgehead atoms. The molecule has 0 N–H and O–H groups in total. The third-order valence-corrected chi connectivity index (χ3v) is 13.4. The molecule has 11 aromatic rings. The lowest BCUT2D eigenvalue weighted by atomic mass is 9.33. The number of para-hydroxylation sites is 2. The number of hydrogen-bond donors (Lipinski definition) is 0. The Kier molecular flexibility index (Phi) is 8.32. The Hall–Kier alpha value is -8.34. The zero-order valence-corrected chi connectivity index (χ0v) is 35.0. The monoisotopic (exact) mass is 813 g/mol. The molecule has 2 aliphatic rings. The van der Waals surface area contributed by atoms with Gasteiger partial charge in [-0.15, -0.1) is 0 Å². The molecule has 0 aliphatic carbocycles. The van der Waals surface area contributed by atoms with Crippen LogP contribution in [0.3, 0.4) is 0 Å². The maximum absolute atomic E-state index is 2.52. The number of hydrogen-bond acceptors (Lipinski definition) is 2. The fourth-order valence-corrected chi connectivity index (χ4v) is 10.5. The average molecular weight is 814 g/mol. The predicted molar refractivity (Wildman–Crippen MR) is 271 cm³/mol. The Balaban J connectivity index is 1.10. The maximum Gasteiger partial charge on any atom is 0.252 e. The molecular weight excluding hydrogens is 773 g/mol. The first-order valence-corrected chi connectivity index (χ1v) is 22.1. The second-order valence-corrected chi connectivity index (χ2v) is 16.9. The molecular formula is C60H40BN3. The smallest absolute Gasteiger partial charge is 0.252 e. The van der Waals surface area contributed by atoms with Crippen LogP contribution in [0, 0.1) is 0 Å². The molecule has 64 heavy (non-hydrogen) atoms. The van der Waals surface area contributed by atoms with E-state index in [9.17, 15) is 0 Å². The molecule has 2 aliphatic heterocycles. The topological polar surface area (TPSA) is 11.4 Å². The average Bonchev–Trinajstić information content (AvgIpc) is 3.70. The molecule has 4 heteroatoms. The molecule has 0 fully saturated rings. The van der Waals surface area contributed by atoms with Gasteiger partial charge < -0.3 is 14.4 Å². The molecule has 13 rings (SSSR count). The van der Waals surface area contributed by atoms with Crippen LogP contribution in [-0.4, -0.2) is 11.3 Å². The molecule has 0 atom stereocenters. The minimum atomic E-state index is -0.0498. The molecule has 1 aromatic heterocycles. The fraction of sp³-hybridized carbons (Fsp3) is 0. The van der Waals surface area contributed by atoms with Gasteiger partial charge in [-0.3, -0.25) is 0 Å². The van der Waals surface area contributed by atoms with E-state index in [4.69, 9.17) is 0 Å². The molecule has 0 saturated heterocycles. The standard InChI is InChI=1S/C60H40BN3/c1-5-16-41(17-6-1)44-28-33-48(34-29-44)63-55-37-32-46(43-20-9-3-10-21-43)38-52(55)61-53-40-58-51(50-24-13-14-25-54(50)62(58)47-22-11-4-12-23-47)39-59(53)64(57-27-15-26-56(63)60(57)61)49-35-30-45(31-36-49)42-18-7-2-8-19-42/h1-40H. The van der Waals surface area contributed by atoms with Crippen LogP contribution >= 0.6 is 0 Å². The molecule has 3 nitrogen and oxygen atoms in total. The van der Waals surface area contributed by atoms with Crippen LogP contribution in [0.5, 0.6) is 0 Å². The first-order chi connectivity index (χ1) is 31.8. The fourth-order valence-electron chi connectivity index (χ4n) is 10.5. The first kappa shape index (κ1) is 36.3. The van der Waals surface area contributed by atoms with Crippen LogP contribution < -0.4 is 26.2 Å². The van der Waals surface area contributed by atoms with Gasteiger partial charge in [0.2, 0.25) is 0 Å². The third-order valence-electron chi connectivity index (χ3n) is 13.4. The van der Waals surface area contributed by atoms with Gasteiger partial charge in [0, 0.05) is 50.6 Å². The predicted octanol–water partition coefficient (Wildman–Crippen LogP) is 13.9. The highest BCUT2D eigenvalue weighted by atomic mass is 15.2. The summed E-state index contributed by atoms with van der Waals surface area (Å²) >= 11 is 0. The summed E-state index contributed by atoms with van der Waals surface area (Å²) in [5.41, 5.74) is 21.7. The Bertz CT molecular complexity index is 3530. The minimum Gasteiger partial charge on any atom is -0.311 e. The second-order valence-electron chi connectivity index (χ2n) is 16.9. The van der Waals surface area contributed by atoms with Crippen molar-refractivity contribution in [1.29, 1.82) is 0 Å². The van der Waals surface area contributed by atoms with Crippen LogP contribution in [0.25, 0.3) is 60.9 Å².